The molecule has 2 aromatic rings. The predicted octanol–water partition coefficient (Wildman–Crippen LogP) is 3.79. The predicted molar refractivity (Wildman–Crippen MR) is 113 cm³/mol. The van der Waals surface area contributed by atoms with Crippen molar-refractivity contribution >= 4 is 40.4 Å². The van der Waals surface area contributed by atoms with E-state index in [0.29, 0.717) is 29.3 Å². The number of halogens is 1. The first-order valence-corrected chi connectivity index (χ1v) is 9.59. The van der Waals surface area contributed by atoms with Gasteiger partial charge in [0.2, 0.25) is 0 Å². The number of methoxy groups -OCH3 is 1. The zero-order valence-electron chi connectivity index (χ0n) is 16.5. The van der Waals surface area contributed by atoms with Gasteiger partial charge in [0.05, 0.1) is 10.5 Å². The topological polar surface area (TPSA) is 102 Å². The highest BCUT2D eigenvalue weighted by atomic mass is 35.5. The molecule has 1 aliphatic rings. The molecule has 0 spiro atoms. The number of nitro groups is 1. The SMILES string of the molecule is COCCCN1C(=O)C(Nc2cccc(Cl)c2C)=C(c2ccc([N+](=O)[O-])cc2)C1=O. The van der Waals surface area contributed by atoms with Gasteiger partial charge in [-0.05, 0) is 48.7 Å². The zero-order chi connectivity index (χ0) is 21.8. The molecule has 2 aromatic carbocycles. The zero-order valence-corrected chi connectivity index (χ0v) is 17.2. The van der Waals surface area contributed by atoms with Crippen LogP contribution in [0.5, 0.6) is 0 Å². The molecule has 0 aromatic heterocycles. The van der Waals surface area contributed by atoms with Gasteiger partial charge in [-0.3, -0.25) is 24.6 Å². The fourth-order valence-electron chi connectivity index (χ4n) is 3.16. The van der Waals surface area contributed by atoms with Gasteiger partial charge in [-0.25, -0.2) is 0 Å². The molecule has 0 fully saturated rings. The number of benzene rings is 2. The second-order valence-corrected chi connectivity index (χ2v) is 7.11. The number of hydrogen-bond donors (Lipinski definition) is 1. The van der Waals surface area contributed by atoms with Gasteiger partial charge in [-0.1, -0.05) is 17.7 Å². The van der Waals surface area contributed by atoms with E-state index in [1.54, 1.807) is 32.2 Å². The quantitative estimate of drug-likeness (QED) is 0.296. The summed E-state index contributed by atoms with van der Waals surface area (Å²) >= 11 is 6.18. The van der Waals surface area contributed by atoms with Gasteiger partial charge < -0.3 is 10.1 Å². The van der Waals surface area contributed by atoms with Crippen molar-refractivity contribution in [3.05, 3.63) is 74.4 Å². The van der Waals surface area contributed by atoms with Crippen molar-refractivity contribution in [1.82, 2.24) is 4.90 Å². The number of rotatable bonds is 8. The fraction of sp³-hybridized carbons (Fsp3) is 0.238. The maximum atomic E-state index is 13.1. The smallest absolute Gasteiger partial charge is 0.278 e. The molecule has 156 valence electrons. The average Bonchev–Trinajstić information content (AvgIpc) is 2.95. The van der Waals surface area contributed by atoms with Gasteiger partial charge in [0.15, 0.2) is 0 Å². The van der Waals surface area contributed by atoms with E-state index in [4.69, 9.17) is 16.3 Å². The molecule has 0 bridgehead atoms. The Kier molecular flexibility index (Phi) is 6.49. The lowest BCUT2D eigenvalue weighted by molar-refractivity contribution is -0.384. The lowest BCUT2D eigenvalue weighted by Crippen LogP contribution is -2.34. The minimum atomic E-state index is -0.522. The van der Waals surface area contributed by atoms with Gasteiger partial charge in [0.1, 0.15) is 5.70 Å². The van der Waals surface area contributed by atoms with Crippen LogP contribution in [-0.4, -0.2) is 41.9 Å². The highest BCUT2D eigenvalue weighted by Crippen LogP contribution is 2.33. The summed E-state index contributed by atoms with van der Waals surface area (Å²) in [7, 11) is 1.54. The monoisotopic (exact) mass is 429 g/mol. The third-order valence-electron chi connectivity index (χ3n) is 4.79. The van der Waals surface area contributed by atoms with E-state index >= 15 is 0 Å². The summed E-state index contributed by atoms with van der Waals surface area (Å²) in [5.41, 5.74) is 1.90. The number of nitrogens with one attached hydrogen (secondary N) is 1. The van der Waals surface area contributed by atoms with Crippen molar-refractivity contribution in [2.45, 2.75) is 13.3 Å². The first-order chi connectivity index (χ1) is 14.3. The molecule has 1 heterocycles. The molecular formula is C21H20ClN3O5. The number of non-ortho nitro benzene ring substituents is 1. The molecule has 1 N–H and O–H groups in total. The van der Waals surface area contributed by atoms with Crippen molar-refractivity contribution in [1.29, 1.82) is 0 Å². The summed E-state index contributed by atoms with van der Waals surface area (Å²) in [6.45, 7) is 2.40. The van der Waals surface area contributed by atoms with Crippen molar-refractivity contribution in [2.75, 3.05) is 25.6 Å². The molecule has 0 aliphatic carbocycles. The largest absolute Gasteiger partial charge is 0.385 e. The van der Waals surface area contributed by atoms with Crippen molar-refractivity contribution in [3.8, 4) is 0 Å². The highest BCUT2D eigenvalue weighted by Gasteiger charge is 2.39. The molecule has 0 saturated heterocycles. The van der Waals surface area contributed by atoms with Gasteiger partial charge in [-0.15, -0.1) is 0 Å². The third kappa shape index (κ3) is 4.19. The van der Waals surface area contributed by atoms with Crippen LogP contribution in [0.4, 0.5) is 11.4 Å². The first kappa shape index (κ1) is 21.5. The summed E-state index contributed by atoms with van der Waals surface area (Å²) in [5, 5.41) is 14.5. The molecule has 0 saturated carbocycles. The van der Waals surface area contributed by atoms with E-state index in [1.807, 2.05) is 0 Å². The van der Waals surface area contributed by atoms with Crippen LogP contribution in [0.25, 0.3) is 5.57 Å². The second kappa shape index (κ2) is 9.06. The third-order valence-corrected chi connectivity index (χ3v) is 5.20. The van der Waals surface area contributed by atoms with E-state index in [0.717, 1.165) is 10.5 Å². The molecular weight excluding hydrogens is 410 g/mol. The number of hydrogen-bond acceptors (Lipinski definition) is 6. The Morgan fingerprint density at radius 1 is 1.13 bits per heavy atom. The summed E-state index contributed by atoms with van der Waals surface area (Å²) < 4.78 is 5.01. The number of carbonyl (C=O) groups is 2. The number of anilines is 1. The highest BCUT2D eigenvalue weighted by molar-refractivity contribution is 6.36. The maximum Gasteiger partial charge on any atom is 0.278 e. The molecule has 0 atom stereocenters. The van der Waals surface area contributed by atoms with Crippen LogP contribution in [0.3, 0.4) is 0 Å². The van der Waals surface area contributed by atoms with Crippen LogP contribution in [0, 0.1) is 17.0 Å². The van der Waals surface area contributed by atoms with E-state index in [9.17, 15) is 19.7 Å². The van der Waals surface area contributed by atoms with E-state index < -0.39 is 16.7 Å². The van der Waals surface area contributed by atoms with Gasteiger partial charge >= 0.3 is 0 Å². The molecule has 2 amide bonds. The van der Waals surface area contributed by atoms with Crippen LogP contribution in [0.15, 0.2) is 48.2 Å². The van der Waals surface area contributed by atoms with E-state index in [1.165, 1.54) is 24.3 Å². The van der Waals surface area contributed by atoms with Gasteiger partial charge in [0.25, 0.3) is 17.5 Å². The first-order valence-electron chi connectivity index (χ1n) is 9.21. The molecule has 0 radical (unpaired) electrons. The summed E-state index contributed by atoms with van der Waals surface area (Å²) in [6, 6.07) is 10.8. The lowest BCUT2D eigenvalue weighted by Gasteiger charge is -2.15. The number of imide groups is 1. The van der Waals surface area contributed by atoms with E-state index in [2.05, 4.69) is 5.32 Å². The maximum absolute atomic E-state index is 13.1. The second-order valence-electron chi connectivity index (χ2n) is 6.70. The Balaban J connectivity index is 2.04. The minimum absolute atomic E-state index is 0.103. The summed E-state index contributed by atoms with van der Waals surface area (Å²) in [4.78, 5) is 37.7. The summed E-state index contributed by atoms with van der Waals surface area (Å²) in [5.74, 6) is -0.934. The van der Waals surface area contributed by atoms with Crippen LogP contribution in [0.1, 0.15) is 17.5 Å². The minimum Gasteiger partial charge on any atom is -0.385 e. The Labute approximate surface area is 178 Å². The Morgan fingerprint density at radius 2 is 1.83 bits per heavy atom. The van der Waals surface area contributed by atoms with Crippen molar-refractivity contribution < 1.29 is 19.2 Å². The number of amides is 2. The van der Waals surface area contributed by atoms with Crippen molar-refractivity contribution in [3.63, 3.8) is 0 Å². The van der Waals surface area contributed by atoms with Crippen LogP contribution < -0.4 is 5.32 Å². The van der Waals surface area contributed by atoms with Crippen LogP contribution in [0.2, 0.25) is 5.02 Å². The molecule has 3 rings (SSSR count). The van der Waals surface area contributed by atoms with Crippen LogP contribution >= 0.6 is 11.6 Å². The lowest BCUT2D eigenvalue weighted by atomic mass is 10.0. The van der Waals surface area contributed by atoms with Crippen molar-refractivity contribution in [2.24, 2.45) is 0 Å². The number of carbonyl (C=O) groups excluding carboxylic acids is 2. The number of ether oxygens (including phenoxy) is 1. The molecule has 8 nitrogen and oxygen atoms in total. The molecule has 30 heavy (non-hydrogen) atoms. The van der Waals surface area contributed by atoms with Crippen LogP contribution in [-0.2, 0) is 14.3 Å². The Hall–Kier alpha value is -3.23. The fourth-order valence-corrected chi connectivity index (χ4v) is 3.33. The molecule has 1 aliphatic heterocycles. The molecule has 9 heteroatoms. The van der Waals surface area contributed by atoms with Gasteiger partial charge in [-0.2, -0.15) is 0 Å². The normalized spacial score (nSPS) is 13.9. The van der Waals surface area contributed by atoms with E-state index in [-0.39, 0.29) is 23.5 Å². The Bertz CT molecular complexity index is 1030. The van der Waals surface area contributed by atoms with Gasteiger partial charge in [0, 0.05) is 43.1 Å². The number of nitro benzene ring substituents is 1. The molecule has 0 unspecified atom stereocenters. The average molecular weight is 430 g/mol. The Morgan fingerprint density at radius 3 is 2.47 bits per heavy atom. The number of nitrogens with zero attached hydrogens (tertiary/aromatic N) is 2. The standard InChI is InChI=1S/C21H20ClN3O5/c1-13-16(22)5-3-6-17(13)23-19-18(14-7-9-15(10-8-14)25(28)29)20(26)24(21(19)27)11-4-12-30-2/h3,5-10,23H,4,11-12H2,1-2H3. The summed E-state index contributed by atoms with van der Waals surface area (Å²) in [6.07, 6.45) is 0.491.